The molecule has 1 saturated carbocycles. The summed E-state index contributed by atoms with van der Waals surface area (Å²) in [6.45, 7) is 1.98. The highest BCUT2D eigenvalue weighted by atomic mass is 32.2. The molecule has 2 N–H and O–H groups in total. The zero-order chi connectivity index (χ0) is 25.4. The lowest BCUT2D eigenvalue weighted by atomic mass is 9.85. The Bertz CT molecular complexity index is 1240. The van der Waals surface area contributed by atoms with Crippen molar-refractivity contribution in [1.82, 2.24) is 4.72 Å². The van der Waals surface area contributed by atoms with E-state index in [4.69, 9.17) is 0 Å². The Labute approximate surface area is 215 Å². The first-order chi connectivity index (χ1) is 17.4. The first-order valence-electron chi connectivity index (χ1n) is 12.9. The van der Waals surface area contributed by atoms with Gasteiger partial charge in [0.2, 0.25) is 10.0 Å². The summed E-state index contributed by atoms with van der Waals surface area (Å²) in [6.07, 6.45) is 7.83. The number of aliphatic imine (C=N–C) groups is 1. The summed E-state index contributed by atoms with van der Waals surface area (Å²) in [4.78, 5) is 4.69. The first-order valence-corrected chi connectivity index (χ1v) is 14.5. The van der Waals surface area contributed by atoms with Crippen molar-refractivity contribution >= 4 is 16.2 Å². The van der Waals surface area contributed by atoms with E-state index in [2.05, 4.69) is 9.71 Å². The molecule has 6 heteroatoms. The molecule has 0 unspecified atom stereocenters. The van der Waals surface area contributed by atoms with Gasteiger partial charge in [0.05, 0.1) is 11.8 Å². The fourth-order valence-electron chi connectivity index (χ4n) is 5.06. The van der Waals surface area contributed by atoms with Crippen LogP contribution < -0.4 is 4.72 Å². The van der Waals surface area contributed by atoms with Crippen molar-refractivity contribution in [2.24, 2.45) is 10.9 Å². The van der Waals surface area contributed by atoms with E-state index < -0.39 is 16.1 Å². The summed E-state index contributed by atoms with van der Waals surface area (Å²) >= 11 is 0. The molecule has 0 aromatic heterocycles. The normalized spacial score (nSPS) is 16.7. The smallest absolute Gasteiger partial charge is 0.213 e. The molecule has 4 rings (SSSR count). The fourth-order valence-corrected chi connectivity index (χ4v) is 6.62. The second kappa shape index (κ2) is 12.3. The molecule has 0 amide bonds. The van der Waals surface area contributed by atoms with Gasteiger partial charge in [0.1, 0.15) is 5.75 Å². The molecule has 1 aliphatic rings. The predicted octanol–water partition coefficient (Wildman–Crippen LogP) is 5.98. The van der Waals surface area contributed by atoms with Crippen molar-refractivity contribution in [3.63, 3.8) is 0 Å². The Balaban J connectivity index is 1.54. The summed E-state index contributed by atoms with van der Waals surface area (Å²) < 4.78 is 29.3. The van der Waals surface area contributed by atoms with Crippen LogP contribution in [0.15, 0.2) is 83.9 Å². The van der Waals surface area contributed by atoms with Gasteiger partial charge in [-0.3, -0.25) is 4.99 Å². The third kappa shape index (κ3) is 7.28. The number of para-hydroxylation sites is 1. The molecule has 0 radical (unpaired) electrons. The second-order valence-electron chi connectivity index (χ2n) is 9.82. The van der Waals surface area contributed by atoms with Crippen LogP contribution in [-0.2, 0) is 16.4 Å². The zero-order valence-electron chi connectivity index (χ0n) is 20.9. The Hall–Kier alpha value is -2.96. The highest BCUT2D eigenvalue weighted by molar-refractivity contribution is 7.89. The molecule has 0 saturated heterocycles. The molecule has 0 aliphatic heterocycles. The Morgan fingerprint density at radius 2 is 1.61 bits per heavy atom. The summed E-state index contributed by atoms with van der Waals surface area (Å²) in [7, 11) is -3.54. The summed E-state index contributed by atoms with van der Waals surface area (Å²) in [5, 5.41) is 10.9. The van der Waals surface area contributed by atoms with Crippen molar-refractivity contribution in [2.45, 2.75) is 57.5 Å². The quantitative estimate of drug-likeness (QED) is 0.334. The van der Waals surface area contributed by atoms with Crippen molar-refractivity contribution < 1.29 is 13.5 Å². The minimum atomic E-state index is -3.54. The summed E-state index contributed by atoms with van der Waals surface area (Å²) in [6, 6.07) is 24.5. The van der Waals surface area contributed by atoms with E-state index in [0.29, 0.717) is 17.9 Å². The molecule has 1 fully saturated rings. The number of rotatable bonds is 10. The maximum Gasteiger partial charge on any atom is 0.213 e. The standard InChI is InChI=1S/C30H36N2O3S/c1-23(25-14-7-3-8-15-25)32-36(34,35)22-28(20-24-12-5-2-6-13-24)31-21-27-18-11-19-29(30(27)33)26-16-9-4-10-17-26/h2,4-6,9-13,16-19,21,23,25,28,32-33H,3,7-8,14-15,20,22H2,1H3/t23-,28-/m0/s1. The van der Waals surface area contributed by atoms with Crippen molar-refractivity contribution in [1.29, 1.82) is 0 Å². The van der Waals surface area contributed by atoms with E-state index in [1.165, 1.54) is 19.3 Å². The minimum Gasteiger partial charge on any atom is -0.507 e. The lowest BCUT2D eigenvalue weighted by Gasteiger charge is -2.28. The van der Waals surface area contributed by atoms with Crippen molar-refractivity contribution in [3.8, 4) is 16.9 Å². The molecule has 3 aromatic rings. The highest BCUT2D eigenvalue weighted by Gasteiger charge is 2.26. The largest absolute Gasteiger partial charge is 0.507 e. The molecule has 0 bridgehead atoms. The molecule has 3 aromatic carbocycles. The predicted molar refractivity (Wildman–Crippen MR) is 148 cm³/mol. The highest BCUT2D eigenvalue weighted by Crippen LogP contribution is 2.31. The molecule has 0 heterocycles. The Kier molecular flexibility index (Phi) is 8.94. The fraction of sp³-hybridized carbons (Fsp3) is 0.367. The summed E-state index contributed by atoms with van der Waals surface area (Å²) in [5.74, 6) is 0.425. The van der Waals surface area contributed by atoms with Crippen LogP contribution in [0.5, 0.6) is 5.75 Å². The van der Waals surface area contributed by atoms with Gasteiger partial charge in [0.25, 0.3) is 0 Å². The monoisotopic (exact) mass is 504 g/mol. The maximum atomic E-state index is 13.2. The molecule has 5 nitrogen and oxygen atoms in total. The van der Waals surface area contributed by atoms with Crippen LogP contribution in [-0.4, -0.2) is 37.6 Å². The lowest BCUT2D eigenvalue weighted by molar-refractivity contribution is 0.303. The van der Waals surface area contributed by atoms with E-state index >= 15 is 0 Å². The van der Waals surface area contributed by atoms with Gasteiger partial charge in [-0.2, -0.15) is 0 Å². The SMILES string of the molecule is C[C@H](NS(=O)(=O)C[C@H](Cc1ccccc1)N=Cc1cccc(-c2ccccc2)c1O)C1CCCCC1. The number of hydrogen-bond acceptors (Lipinski definition) is 4. The van der Waals surface area contributed by atoms with E-state index in [9.17, 15) is 13.5 Å². The van der Waals surface area contributed by atoms with Gasteiger partial charge < -0.3 is 5.11 Å². The van der Waals surface area contributed by atoms with Gasteiger partial charge in [0.15, 0.2) is 0 Å². The van der Waals surface area contributed by atoms with Crippen LogP contribution in [0.2, 0.25) is 0 Å². The summed E-state index contributed by atoms with van der Waals surface area (Å²) in [5.41, 5.74) is 3.22. The van der Waals surface area contributed by atoms with Crippen LogP contribution in [0.3, 0.4) is 0 Å². The molecular formula is C30H36N2O3S. The van der Waals surface area contributed by atoms with E-state index in [0.717, 1.165) is 29.5 Å². The van der Waals surface area contributed by atoms with Crippen LogP contribution in [0, 0.1) is 5.92 Å². The molecule has 36 heavy (non-hydrogen) atoms. The molecular weight excluding hydrogens is 468 g/mol. The second-order valence-corrected chi connectivity index (χ2v) is 11.6. The third-order valence-corrected chi connectivity index (χ3v) is 8.58. The third-order valence-electron chi connectivity index (χ3n) is 7.02. The number of phenolic OH excluding ortho intramolecular Hbond substituents is 1. The number of sulfonamides is 1. The van der Waals surface area contributed by atoms with Gasteiger partial charge >= 0.3 is 0 Å². The van der Waals surface area contributed by atoms with Crippen molar-refractivity contribution in [3.05, 3.63) is 90.0 Å². The average molecular weight is 505 g/mol. The van der Waals surface area contributed by atoms with Crippen molar-refractivity contribution in [2.75, 3.05) is 5.75 Å². The van der Waals surface area contributed by atoms with Gasteiger partial charge in [-0.1, -0.05) is 92.1 Å². The number of hydrogen-bond donors (Lipinski definition) is 2. The molecule has 0 spiro atoms. The van der Waals surface area contributed by atoms with E-state index in [-0.39, 0.29) is 17.5 Å². The van der Waals surface area contributed by atoms with Gasteiger partial charge in [-0.15, -0.1) is 0 Å². The number of benzene rings is 3. The van der Waals surface area contributed by atoms with Crippen LogP contribution in [0.4, 0.5) is 0 Å². The molecule has 190 valence electrons. The number of phenols is 1. The lowest BCUT2D eigenvalue weighted by Crippen LogP contribution is -2.42. The number of nitrogens with one attached hydrogen (secondary N) is 1. The number of aromatic hydroxyl groups is 1. The topological polar surface area (TPSA) is 78.8 Å². The van der Waals surface area contributed by atoms with Gasteiger partial charge in [-0.25, -0.2) is 13.1 Å². The van der Waals surface area contributed by atoms with E-state index in [1.54, 1.807) is 12.3 Å². The van der Waals surface area contributed by atoms with Crippen LogP contribution in [0.25, 0.3) is 11.1 Å². The van der Waals surface area contributed by atoms with Crippen LogP contribution in [0.1, 0.15) is 50.2 Å². The molecule has 1 aliphatic carbocycles. The molecule has 2 atom stereocenters. The average Bonchev–Trinajstić information content (AvgIpc) is 2.89. The zero-order valence-corrected chi connectivity index (χ0v) is 21.7. The Morgan fingerprint density at radius 1 is 0.944 bits per heavy atom. The Morgan fingerprint density at radius 3 is 2.31 bits per heavy atom. The number of nitrogens with zero attached hydrogens (tertiary/aromatic N) is 1. The van der Waals surface area contributed by atoms with Crippen LogP contribution >= 0.6 is 0 Å². The minimum absolute atomic E-state index is 0.0803. The maximum absolute atomic E-state index is 13.2. The van der Waals surface area contributed by atoms with E-state index in [1.807, 2.05) is 79.7 Å². The first kappa shape index (κ1) is 26.1. The van der Waals surface area contributed by atoms with Gasteiger partial charge in [0, 0.05) is 23.4 Å². The van der Waals surface area contributed by atoms with Gasteiger partial charge in [-0.05, 0) is 49.3 Å².